The average Bonchev–Trinajstić information content (AvgIpc) is 2.70. The number of thioether (sulfide) groups is 1. The van der Waals surface area contributed by atoms with Gasteiger partial charge < -0.3 is 10.6 Å². The van der Waals surface area contributed by atoms with Crippen LogP contribution in [0.1, 0.15) is 32.6 Å². The SMILES string of the molecule is CSCCC(C)N(C)C(=O)C1CCCC1N. The van der Waals surface area contributed by atoms with Gasteiger partial charge in [0.25, 0.3) is 0 Å². The van der Waals surface area contributed by atoms with Crippen LogP contribution in [0.15, 0.2) is 0 Å². The summed E-state index contributed by atoms with van der Waals surface area (Å²) in [6.07, 6.45) is 6.24. The van der Waals surface area contributed by atoms with Gasteiger partial charge in [0.2, 0.25) is 5.91 Å². The summed E-state index contributed by atoms with van der Waals surface area (Å²) in [5.41, 5.74) is 5.97. The second-order valence-electron chi connectivity index (χ2n) is 4.78. The smallest absolute Gasteiger partial charge is 0.227 e. The summed E-state index contributed by atoms with van der Waals surface area (Å²) in [5, 5.41) is 0. The Hall–Kier alpha value is -0.220. The zero-order valence-electron chi connectivity index (χ0n) is 10.6. The van der Waals surface area contributed by atoms with Crippen LogP contribution in [0.2, 0.25) is 0 Å². The van der Waals surface area contributed by atoms with E-state index in [2.05, 4.69) is 13.2 Å². The van der Waals surface area contributed by atoms with Crippen LogP contribution in [0.4, 0.5) is 0 Å². The largest absolute Gasteiger partial charge is 0.343 e. The van der Waals surface area contributed by atoms with Gasteiger partial charge in [-0.2, -0.15) is 11.8 Å². The Morgan fingerprint density at radius 2 is 2.25 bits per heavy atom. The number of hydrogen-bond donors (Lipinski definition) is 1. The van der Waals surface area contributed by atoms with Crippen LogP contribution < -0.4 is 5.73 Å². The molecule has 0 saturated heterocycles. The Kier molecular flexibility index (Phi) is 5.62. The highest BCUT2D eigenvalue weighted by atomic mass is 32.2. The highest BCUT2D eigenvalue weighted by Gasteiger charge is 2.33. The molecular weight excluding hydrogens is 220 g/mol. The van der Waals surface area contributed by atoms with E-state index in [1.54, 1.807) is 0 Å². The van der Waals surface area contributed by atoms with Gasteiger partial charge in [-0.1, -0.05) is 6.42 Å². The Balaban J connectivity index is 2.45. The summed E-state index contributed by atoms with van der Waals surface area (Å²) in [5.74, 6) is 1.43. The average molecular weight is 244 g/mol. The molecule has 3 atom stereocenters. The van der Waals surface area contributed by atoms with Crippen molar-refractivity contribution in [3.05, 3.63) is 0 Å². The standard InChI is InChI=1S/C12H24N2OS/c1-9(7-8-16-3)14(2)12(15)10-5-4-6-11(10)13/h9-11H,4-8,13H2,1-3H3. The summed E-state index contributed by atoms with van der Waals surface area (Å²) >= 11 is 1.83. The highest BCUT2D eigenvalue weighted by Crippen LogP contribution is 2.26. The summed E-state index contributed by atoms with van der Waals surface area (Å²) in [4.78, 5) is 14.1. The molecule has 2 N–H and O–H groups in total. The van der Waals surface area contributed by atoms with Crippen LogP contribution in [-0.2, 0) is 4.79 Å². The van der Waals surface area contributed by atoms with Crippen molar-refractivity contribution < 1.29 is 4.79 Å². The van der Waals surface area contributed by atoms with Gasteiger partial charge in [0.15, 0.2) is 0 Å². The highest BCUT2D eigenvalue weighted by molar-refractivity contribution is 7.98. The lowest BCUT2D eigenvalue weighted by Crippen LogP contribution is -2.43. The fraction of sp³-hybridized carbons (Fsp3) is 0.917. The van der Waals surface area contributed by atoms with Crippen LogP contribution in [0.5, 0.6) is 0 Å². The zero-order chi connectivity index (χ0) is 12.1. The third-order valence-corrected chi connectivity index (χ3v) is 4.28. The maximum absolute atomic E-state index is 12.2. The molecule has 1 saturated carbocycles. The molecule has 1 amide bonds. The summed E-state index contributed by atoms with van der Waals surface area (Å²) in [7, 11) is 1.92. The Morgan fingerprint density at radius 1 is 1.56 bits per heavy atom. The van der Waals surface area contributed by atoms with Gasteiger partial charge in [-0.3, -0.25) is 4.79 Å². The van der Waals surface area contributed by atoms with E-state index in [1.165, 1.54) is 0 Å². The first kappa shape index (κ1) is 13.8. The lowest BCUT2D eigenvalue weighted by Gasteiger charge is -2.28. The molecule has 0 aromatic heterocycles. The molecule has 0 heterocycles. The van der Waals surface area contributed by atoms with Gasteiger partial charge >= 0.3 is 0 Å². The van der Waals surface area contributed by atoms with E-state index in [9.17, 15) is 4.79 Å². The van der Waals surface area contributed by atoms with Crippen molar-refractivity contribution in [2.75, 3.05) is 19.1 Å². The molecule has 0 aromatic carbocycles. The second-order valence-corrected chi connectivity index (χ2v) is 5.77. The molecule has 1 aliphatic carbocycles. The van der Waals surface area contributed by atoms with Gasteiger partial charge in [0.1, 0.15) is 0 Å². The third kappa shape index (κ3) is 3.39. The van der Waals surface area contributed by atoms with E-state index >= 15 is 0 Å². The predicted molar refractivity (Wildman–Crippen MR) is 70.5 cm³/mol. The van der Waals surface area contributed by atoms with Crippen molar-refractivity contribution in [2.24, 2.45) is 11.7 Å². The monoisotopic (exact) mass is 244 g/mol. The molecule has 1 aliphatic rings. The molecule has 0 bridgehead atoms. The van der Waals surface area contributed by atoms with E-state index in [1.807, 2.05) is 23.7 Å². The van der Waals surface area contributed by atoms with Crippen LogP contribution in [0.3, 0.4) is 0 Å². The first-order chi connectivity index (χ1) is 7.57. The molecule has 1 rings (SSSR count). The van der Waals surface area contributed by atoms with E-state index in [4.69, 9.17) is 5.73 Å². The third-order valence-electron chi connectivity index (χ3n) is 3.64. The summed E-state index contributed by atoms with van der Waals surface area (Å²) in [6, 6.07) is 0.412. The van der Waals surface area contributed by atoms with Crippen LogP contribution in [0.25, 0.3) is 0 Å². The summed E-state index contributed by atoms with van der Waals surface area (Å²) < 4.78 is 0. The maximum Gasteiger partial charge on any atom is 0.227 e. The van der Waals surface area contributed by atoms with Gasteiger partial charge in [-0.05, 0) is 38.2 Å². The molecule has 0 radical (unpaired) electrons. The fourth-order valence-electron chi connectivity index (χ4n) is 2.26. The van der Waals surface area contributed by atoms with Crippen molar-refractivity contribution in [1.82, 2.24) is 4.90 Å². The van der Waals surface area contributed by atoms with Crippen molar-refractivity contribution in [2.45, 2.75) is 44.7 Å². The van der Waals surface area contributed by atoms with Crippen molar-refractivity contribution >= 4 is 17.7 Å². The number of rotatable bonds is 5. The van der Waals surface area contributed by atoms with Crippen LogP contribution in [0, 0.1) is 5.92 Å². The van der Waals surface area contributed by atoms with Gasteiger partial charge in [-0.15, -0.1) is 0 Å². The van der Waals surface area contributed by atoms with Gasteiger partial charge in [-0.25, -0.2) is 0 Å². The minimum absolute atomic E-state index is 0.0710. The van der Waals surface area contributed by atoms with Crippen molar-refractivity contribution in [3.63, 3.8) is 0 Å². The minimum Gasteiger partial charge on any atom is -0.343 e. The van der Waals surface area contributed by atoms with Crippen molar-refractivity contribution in [3.8, 4) is 0 Å². The number of carbonyl (C=O) groups excluding carboxylic acids is 1. The Morgan fingerprint density at radius 3 is 2.75 bits per heavy atom. The quantitative estimate of drug-likeness (QED) is 0.801. The molecular formula is C12H24N2OS. The number of nitrogens with two attached hydrogens (primary N) is 1. The van der Waals surface area contributed by atoms with Gasteiger partial charge in [0, 0.05) is 19.1 Å². The second kappa shape index (κ2) is 6.50. The van der Waals surface area contributed by atoms with Crippen LogP contribution >= 0.6 is 11.8 Å². The molecule has 1 fully saturated rings. The topological polar surface area (TPSA) is 46.3 Å². The van der Waals surface area contributed by atoms with Crippen LogP contribution in [-0.4, -0.2) is 41.9 Å². The molecule has 0 aromatic rings. The normalized spacial score (nSPS) is 26.8. The number of nitrogens with zero attached hydrogens (tertiary/aromatic N) is 1. The number of carbonyl (C=O) groups is 1. The molecule has 94 valence electrons. The minimum atomic E-state index is 0.0710. The number of hydrogen-bond acceptors (Lipinski definition) is 3. The molecule has 4 heteroatoms. The molecule has 0 spiro atoms. The molecule has 3 nitrogen and oxygen atoms in total. The van der Waals surface area contributed by atoms with E-state index in [0.717, 1.165) is 31.4 Å². The first-order valence-corrected chi connectivity index (χ1v) is 7.48. The molecule has 3 unspecified atom stereocenters. The molecule has 0 aliphatic heterocycles. The fourth-order valence-corrected chi connectivity index (χ4v) is 2.83. The zero-order valence-corrected chi connectivity index (χ0v) is 11.4. The Bertz CT molecular complexity index is 235. The van der Waals surface area contributed by atoms with Crippen molar-refractivity contribution in [1.29, 1.82) is 0 Å². The Labute approximate surface area is 103 Å². The maximum atomic E-state index is 12.2. The predicted octanol–water partition coefficient (Wildman–Crippen LogP) is 1.71. The van der Waals surface area contributed by atoms with E-state index in [-0.39, 0.29) is 17.9 Å². The van der Waals surface area contributed by atoms with E-state index < -0.39 is 0 Å². The van der Waals surface area contributed by atoms with Gasteiger partial charge in [0.05, 0.1) is 5.92 Å². The molecule has 16 heavy (non-hydrogen) atoms. The van der Waals surface area contributed by atoms with E-state index in [0.29, 0.717) is 6.04 Å². The first-order valence-electron chi connectivity index (χ1n) is 6.09. The lowest BCUT2D eigenvalue weighted by atomic mass is 10.0. The summed E-state index contributed by atoms with van der Waals surface area (Å²) in [6.45, 7) is 2.12. The number of amides is 1. The lowest BCUT2D eigenvalue weighted by molar-refractivity contribution is -0.136.